The number of sulfone groups is 1. The smallest absolute Gasteiger partial charge is 0.322 e. The van der Waals surface area contributed by atoms with Crippen LogP contribution in [0, 0.1) is 0 Å². The molecule has 8 nitrogen and oxygen atoms in total. The number of nitrogens with zero attached hydrogens (tertiary/aromatic N) is 2. The number of carbonyl (C=O) groups excluding carboxylic acids is 1. The highest BCUT2D eigenvalue weighted by atomic mass is 32.2. The highest BCUT2D eigenvalue weighted by molar-refractivity contribution is 7.92. The number of carbonyl (C=O) groups is 1. The maximum atomic E-state index is 12.6. The molecule has 1 aromatic heterocycles. The molecule has 0 aliphatic carbocycles. The minimum atomic E-state index is -3.33. The second-order valence-electron chi connectivity index (χ2n) is 7.81. The molecule has 0 spiro atoms. The minimum Gasteiger partial charge on any atom is -0.457 e. The van der Waals surface area contributed by atoms with Gasteiger partial charge in [-0.3, -0.25) is 10.1 Å². The molecule has 0 bridgehead atoms. The van der Waals surface area contributed by atoms with Crippen molar-refractivity contribution in [3.05, 3.63) is 95.9 Å². The van der Waals surface area contributed by atoms with Crippen molar-refractivity contribution in [3.8, 4) is 11.5 Å². The van der Waals surface area contributed by atoms with Gasteiger partial charge >= 0.3 is 6.01 Å². The molecule has 9 heteroatoms. The first kappa shape index (κ1) is 23.2. The van der Waals surface area contributed by atoms with Crippen LogP contribution in [0.5, 0.6) is 11.5 Å². The van der Waals surface area contributed by atoms with Crippen LogP contribution in [0.2, 0.25) is 0 Å². The summed E-state index contributed by atoms with van der Waals surface area (Å²) in [4.78, 5) is 12.9. The number of benzene rings is 3. The zero-order valence-corrected chi connectivity index (χ0v) is 19.5. The normalized spacial score (nSPS) is 11.4. The standard InChI is InChI=1S/C25H23N3O5S/c1-17(2)34(30,31)22-13-11-18(12-14-22)15-23-27-28-25(33-23)26-24(29)19-7-6-10-21(16-19)32-20-8-4-3-5-9-20/h3-14,16-17H,15H2,1-2H3,(H,26,28,29). The van der Waals surface area contributed by atoms with Crippen molar-refractivity contribution in [1.29, 1.82) is 0 Å². The van der Waals surface area contributed by atoms with Gasteiger partial charge < -0.3 is 9.15 Å². The molecule has 4 rings (SSSR count). The van der Waals surface area contributed by atoms with Gasteiger partial charge in [-0.25, -0.2) is 8.42 Å². The number of amides is 1. The van der Waals surface area contributed by atoms with Crippen LogP contribution >= 0.6 is 0 Å². The molecule has 0 saturated heterocycles. The van der Waals surface area contributed by atoms with Crippen molar-refractivity contribution in [1.82, 2.24) is 10.2 Å². The summed E-state index contributed by atoms with van der Waals surface area (Å²) in [7, 11) is -3.33. The summed E-state index contributed by atoms with van der Waals surface area (Å²) in [6.07, 6.45) is 0.297. The molecule has 4 aromatic rings. The van der Waals surface area contributed by atoms with Crippen molar-refractivity contribution < 1.29 is 22.4 Å². The van der Waals surface area contributed by atoms with E-state index in [1.54, 1.807) is 62.4 Å². The number of hydrogen-bond acceptors (Lipinski definition) is 7. The van der Waals surface area contributed by atoms with Gasteiger partial charge in [-0.05, 0) is 61.9 Å². The van der Waals surface area contributed by atoms with Crippen LogP contribution in [0.3, 0.4) is 0 Å². The highest BCUT2D eigenvalue weighted by Crippen LogP contribution is 2.23. The molecular formula is C25H23N3O5S. The van der Waals surface area contributed by atoms with E-state index in [0.717, 1.165) is 5.56 Å². The first-order chi connectivity index (χ1) is 16.3. The predicted octanol–water partition coefficient (Wildman–Crippen LogP) is 4.89. The lowest BCUT2D eigenvalue weighted by molar-refractivity contribution is 0.102. The topological polar surface area (TPSA) is 111 Å². The average molecular weight is 478 g/mol. The van der Waals surface area contributed by atoms with Crippen LogP contribution in [0.25, 0.3) is 0 Å². The van der Waals surface area contributed by atoms with Gasteiger partial charge in [0.1, 0.15) is 11.5 Å². The molecule has 0 atom stereocenters. The highest BCUT2D eigenvalue weighted by Gasteiger charge is 2.19. The molecule has 0 radical (unpaired) electrons. The van der Waals surface area contributed by atoms with Crippen LogP contribution in [0.4, 0.5) is 6.01 Å². The van der Waals surface area contributed by atoms with Gasteiger partial charge in [-0.1, -0.05) is 41.5 Å². The summed E-state index contributed by atoms with van der Waals surface area (Å²) in [6.45, 7) is 3.29. The van der Waals surface area contributed by atoms with Crippen molar-refractivity contribution in [3.63, 3.8) is 0 Å². The third kappa shape index (κ3) is 5.49. The zero-order chi connectivity index (χ0) is 24.1. The van der Waals surface area contributed by atoms with E-state index < -0.39 is 21.0 Å². The van der Waals surface area contributed by atoms with Gasteiger partial charge in [-0.15, -0.1) is 5.10 Å². The Morgan fingerprint density at radius 2 is 1.65 bits per heavy atom. The fourth-order valence-corrected chi connectivity index (χ4v) is 4.17. The maximum absolute atomic E-state index is 12.6. The number of nitrogens with one attached hydrogen (secondary N) is 1. The van der Waals surface area contributed by atoms with Gasteiger partial charge in [-0.2, -0.15) is 0 Å². The van der Waals surface area contributed by atoms with Crippen LogP contribution in [0.1, 0.15) is 35.7 Å². The molecule has 1 amide bonds. The Bertz CT molecular complexity index is 1380. The summed E-state index contributed by atoms with van der Waals surface area (Å²) >= 11 is 0. The molecular weight excluding hydrogens is 454 g/mol. The van der Waals surface area contributed by atoms with Crippen LogP contribution < -0.4 is 10.1 Å². The third-order valence-corrected chi connectivity index (χ3v) is 7.16. The van der Waals surface area contributed by atoms with Crippen LogP contribution in [-0.4, -0.2) is 29.8 Å². The first-order valence-electron chi connectivity index (χ1n) is 10.6. The predicted molar refractivity (Wildman–Crippen MR) is 127 cm³/mol. The Morgan fingerprint density at radius 1 is 0.941 bits per heavy atom. The number of para-hydroxylation sites is 1. The molecule has 174 valence electrons. The molecule has 0 aliphatic heterocycles. The van der Waals surface area contributed by atoms with Gasteiger partial charge in [0.05, 0.1) is 16.6 Å². The first-order valence-corrected chi connectivity index (χ1v) is 12.2. The maximum Gasteiger partial charge on any atom is 0.322 e. The third-order valence-electron chi connectivity index (χ3n) is 4.99. The number of anilines is 1. The summed E-state index contributed by atoms with van der Waals surface area (Å²) in [5, 5.41) is 9.92. The number of hydrogen-bond donors (Lipinski definition) is 1. The molecule has 0 unspecified atom stereocenters. The molecule has 0 aliphatic rings. The van der Waals surface area contributed by atoms with Crippen LogP contribution in [-0.2, 0) is 16.3 Å². The van der Waals surface area contributed by atoms with Gasteiger partial charge in [0, 0.05) is 5.56 Å². The van der Waals surface area contributed by atoms with E-state index in [0.29, 0.717) is 23.5 Å². The lowest BCUT2D eigenvalue weighted by Crippen LogP contribution is -2.13. The second kappa shape index (κ2) is 9.88. The molecule has 3 aromatic carbocycles. The molecule has 0 fully saturated rings. The van der Waals surface area contributed by atoms with Gasteiger partial charge in [0.15, 0.2) is 9.84 Å². The quantitative estimate of drug-likeness (QED) is 0.385. The fourth-order valence-electron chi connectivity index (χ4n) is 3.11. The van der Waals surface area contributed by atoms with E-state index in [1.165, 1.54) is 0 Å². The molecule has 34 heavy (non-hydrogen) atoms. The van der Waals surface area contributed by atoms with E-state index in [2.05, 4.69) is 15.5 Å². The Hall–Kier alpha value is -3.98. The molecule has 1 heterocycles. The largest absolute Gasteiger partial charge is 0.457 e. The van der Waals surface area contributed by atoms with Crippen LogP contribution in [0.15, 0.2) is 88.2 Å². The summed E-state index contributed by atoms with van der Waals surface area (Å²) < 4.78 is 35.8. The number of rotatable bonds is 8. The van der Waals surface area contributed by atoms with Crippen molar-refractivity contribution in [2.45, 2.75) is 30.4 Å². The average Bonchev–Trinajstić information content (AvgIpc) is 3.26. The fraction of sp³-hybridized carbons (Fsp3) is 0.160. The SMILES string of the molecule is CC(C)S(=O)(=O)c1ccc(Cc2nnc(NC(=O)c3cccc(Oc4ccccc4)c3)o2)cc1. The monoisotopic (exact) mass is 477 g/mol. The van der Waals surface area contributed by atoms with E-state index >= 15 is 0 Å². The van der Waals surface area contributed by atoms with E-state index in [1.807, 2.05) is 30.3 Å². The van der Waals surface area contributed by atoms with Crippen molar-refractivity contribution in [2.24, 2.45) is 0 Å². The molecule has 1 N–H and O–H groups in total. The van der Waals surface area contributed by atoms with Gasteiger partial charge in [0.2, 0.25) is 5.89 Å². The Labute approximate surface area is 197 Å². The molecule has 0 saturated carbocycles. The lowest BCUT2D eigenvalue weighted by Gasteiger charge is -2.08. The number of ether oxygens (including phenoxy) is 1. The van der Waals surface area contributed by atoms with Crippen molar-refractivity contribution in [2.75, 3.05) is 5.32 Å². The summed E-state index contributed by atoms with van der Waals surface area (Å²) in [5.41, 5.74) is 1.17. The van der Waals surface area contributed by atoms with E-state index in [-0.39, 0.29) is 16.8 Å². The second-order valence-corrected chi connectivity index (χ2v) is 10.3. The van der Waals surface area contributed by atoms with Crippen molar-refractivity contribution >= 4 is 21.8 Å². The van der Waals surface area contributed by atoms with E-state index in [4.69, 9.17) is 9.15 Å². The van der Waals surface area contributed by atoms with Gasteiger partial charge in [0.25, 0.3) is 5.91 Å². The lowest BCUT2D eigenvalue weighted by atomic mass is 10.1. The number of aromatic nitrogens is 2. The Kier molecular flexibility index (Phi) is 6.74. The van der Waals surface area contributed by atoms with E-state index in [9.17, 15) is 13.2 Å². The Morgan fingerprint density at radius 3 is 2.35 bits per heavy atom. The Balaban J connectivity index is 1.39. The summed E-state index contributed by atoms with van der Waals surface area (Å²) in [6, 6.07) is 22.5. The zero-order valence-electron chi connectivity index (χ0n) is 18.6. The minimum absolute atomic E-state index is 0.0339. The summed E-state index contributed by atoms with van der Waals surface area (Å²) in [5.74, 6) is 1.05.